The molecular formula is C31H44N4O7. The fourth-order valence-electron chi connectivity index (χ4n) is 4.69. The van der Waals surface area contributed by atoms with Crippen LogP contribution < -0.4 is 21.3 Å². The number of nitrogens with one attached hydrogen (secondary N) is 4. The number of benzene rings is 2. The van der Waals surface area contributed by atoms with Gasteiger partial charge >= 0.3 is 12.2 Å². The summed E-state index contributed by atoms with van der Waals surface area (Å²) in [6, 6.07) is 16.6. The Bertz CT molecular complexity index is 1170. The molecule has 0 aliphatic carbocycles. The van der Waals surface area contributed by atoms with Crippen molar-refractivity contribution in [3.63, 3.8) is 0 Å². The maximum atomic E-state index is 13.1. The summed E-state index contributed by atoms with van der Waals surface area (Å²) in [4.78, 5) is 37.4. The van der Waals surface area contributed by atoms with Crippen LogP contribution in [0.5, 0.6) is 0 Å². The van der Waals surface area contributed by atoms with Crippen molar-refractivity contribution in [3.05, 3.63) is 71.8 Å². The standard InChI is InChI=1S/C31H44N4O7/c1-30(2,3)41-28(39)34-23(17-21-14-10-7-11-15-21)25(37)19-32-18-24(36)22(16-20-12-8-6-9-13-20)33-27(38)26-31(4,5)42-29(40)35-26/h6-15,22-26,32,36-37H,16-19H2,1-5H3,(H,33,38)(H,34,39)(H,35,40)/t22-,23-,24+,25+,26?/m0/s1. The Hall–Kier alpha value is -3.67. The molecule has 6 N–H and O–H groups in total. The summed E-state index contributed by atoms with van der Waals surface area (Å²) >= 11 is 0. The molecule has 1 fully saturated rings. The van der Waals surface area contributed by atoms with Gasteiger partial charge in [0.1, 0.15) is 11.2 Å². The smallest absolute Gasteiger partial charge is 0.408 e. The van der Waals surface area contributed by atoms with Gasteiger partial charge in [-0.05, 0) is 58.6 Å². The number of rotatable bonds is 13. The predicted octanol–water partition coefficient (Wildman–Crippen LogP) is 2.05. The highest BCUT2D eigenvalue weighted by molar-refractivity contribution is 5.89. The number of cyclic esters (lactones) is 1. The summed E-state index contributed by atoms with van der Waals surface area (Å²) in [6.45, 7) is 8.65. The summed E-state index contributed by atoms with van der Waals surface area (Å²) in [5, 5.41) is 33.4. The molecule has 5 atom stereocenters. The van der Waals surface area contributed by atoms with Crippen molar-refractivity contribution in [2.45, 2.75) is 89.0 Å². The number of carbonyl (C=O) groups excluding carboxylic acids is 3. The van der Waals surface area contributed by atoms with E-state index in [1.54, 1.807) is 34.6 Å². The quantitative estimate of drug-likeness (QED) is 0.209. The number of ether oxygens (including phenoxy) is 2. The van der Waals surface area contributed by atoms with E-state index in [0.29, 0.717) is 12.8 Å². The lowest BCUT2D eigenvalue weighted by atomic mass is 9.96. The van der Waals surface area contributed by atoms with Crippen LogP contribution in [-0.4, -0.2) is 82.9 Å². The SMILES string of the molecule is CC(C)(C)OC(=O)N[C@@H](Cc1ccccc1)[C@H](O)CNC[C@@H](O)[C@H](Cc1ccccc1)NC(=O)C1NC(=O)OC1(C)C. The first kappa shape index (κ1) is 32.8. The third-order valence-corrected chi connectivity index (χ3v) is 6.84. The zero-order valence-corrected chi connectivity index (χ0v) is 24.9. The third kappa shape index (κ3) is 10.3. The van der Waals surface area contributed by atoms with Crippen LogP contribution in [0.2, 0.25) is 0 Å². The van der Waals surface area contributed by atoms with Crippen LogP contribution in [-0.2, 0) is 27.1 Å². The molecule has 42 heavy (non-hydrogen) atoms. The Morgan fingerprint density at radius 2 is 1.38 bits per heavy atom. The van der Waals surface area contributed by atoms with Crippen molar-refractivity contribution < 1.29 is 34.1 Å². The van der Waals surface area contributed by atoms with E-state index in [-0.39, 0.29) is 13.1 Å². The average molecular weight is 585 g/mol. The highest BCUT2D eigenvalue weighted by Gasteiger charge is 2.46. The van der Waals surface area contributed by atoms with E-state index in [9.17, 15) is 24.6 Å². The number of aliphatic hydroxyl groups excluding tert-OH is 2. The van der Waals surface area contributed by atoms with Crippen molar-refractivity contribution in [2.24, 2.45) is 0 Å². The maximum absolute atomic E-state index is 13.1. The zero-order chi connectivity index (χ0) is 30.9. The summed E-state index contributed by atoms with van der Waals surface area (Å²) in [5.74, 6) is -0.477. The van der Waals surface area contributed by atoms with Gasteiger partial charge in [-0.25, -0.2) is 9.59 Å². The van der Waals surface area contributed by atoms with Crippen LogP contribution in [0.4, 0.5) is 9.59 Å². The fraction of sp³-hybridized carbons (Fsp3) is 0.516. The molecule has 0 spiro atoms. The van der Waals surface area contributed by atoms with Gasteiger partial charge in [0.25, 0.3) is 0 Å². The molecule has 11 nitrogen and oxygen atoms in total. The minimum atomic E-state index is -1.05. The van der Waals surface area contributed by atoms with Crippen LogP contribution >= 0.6 is 0 Å². The van der Waals surface area contributed by atoms with Gasteiger partial charge in [-0.1, -0.05) is 60.7 Å². The third-order valence-electron chi connectivity index (χ3n) is 6.84. The molecule has 0 radical (unpaired) electrons. The van der Waals surface area contributed by atoms with Gasteiger partial charge in [0.2, 0.25) is 5.91 Å². The molecular weight excluding hydrogens is 540 g/mol. The molecule has 0 saturated carbocycles. The summed E-state index contributed by atoms with van der Waals surface area (Å²) in [7, 11) is 0. The van der Waals surface area contributed by atoms with Gasteiger partial charge in [-0.2, -0.15) is 0 Å². The van der Waals surface area contributed by atoms with E-state index in [1.807, 2.05) is 60.7 Å². The van der Waals surface area contributed by atoms with Crippen molar-refractivity contribution in [3.8, 4) is 0 Å². The number of alkyl carbamates (subject to hydrolysis) is 2. The Kier molecular flexibility index (Phi) is 11.3. The van der Waals surface area contributed by atoms with Gasteiger partial charge < -0.3 is 41.0 Å². The molecule has 11 heteroatoms. The topological polar surface area (TPSA) is 158 Å². The molecule has 3 rings (SSSR count). The van der Waals surface area contributed by atoms with Gasteiger partial charge in [0, 0.05) is 13.1 Å². The number of aliphatic hydroxyl groups is 2. The van der Waals surface area contributed by atoms with E-state index < -0.39 is 59.6 Å². The number of hydrogen-bond acceptors (Lipinski definition) is 8. The molecule has 1 heterocycles. The van der Waals surface area contributed by atoms with Crippen LogP contribution in [0, 0.1) is 0 Å². The number of hydrogen-bond donors (Lipinski definition) is 6. The van der Waals surface area contributed by atoms with E-state index in [0.717, 1.165) is 11.1 Å². The highest BCUT2D eigenvalue weighted by Crippen LogP contribution is 2.22. The van der Waals surface area contributed by atoms with Gasteiger partial charge in [-0.3, -0.25) is 4.79 Å². The molecule has 0 aromatic heterocycles. The lowest BCUT2D eigenvalue weighted by molar-refractivity contribution is -0.127. The molecule has 230 valence electrons. The first-order valence-corrected chi connectivity index (χ1v) is 14.2. The van der Waals surface area contributed by atoms with E-state index >= 15 is 0 Å². The molecule has 1 aliphatic heterocycles. The van der Waals surface area contributed by atoms with E-state index in [4.69, 9.17) is 9.47 Å². The maximum Gasteiger partial charge on any atom is 0.408 e. The van der Waals surface area contributed by atoms with Gasteiger partial charge in [0.05, 0.1) is 24.3 Å². The largest absolute Gasteiger partial charge is 0.444 e. The predicted molar refractivity (Wildman–Crippen MR) is 158 cm³/mol. The molecule has 3 amide bonds. The van der Waals surface area contributed by atoms with Crippen molar-refractivity contribution in [2.75, 3.05) is 13.1 Å². The molecule has 0 bridgehead atoms. The average Bonchev–Trinajstić information content (AvgIpc) is 3.19. The Morgan fingerprint density at radius 3 is 1.81 bits per heavy atom. The summed E-state index contributed by atoms with van der Waals surface area (Å²) < 4.78 is 10.6. The molecule has 1 aliphatic rings. The Labute approximate surface area is 247 Å². The first-order valence-electron chi connectivity index (χ1n) is 14.2. The first-order chi connectivity index (χ1) is 19.7. The van der Waals surface area contributed by atoms with E-state index in [1.165, 1.54) is 0 Å². The second-order valence-electron chi connectivity index (χ2n) is 12.1. The second kappa shape index (κ2) is 14.5. The zero-order valence-electron chi connectivity index (χ0n) is 24.9. The minimum absolute atomic E-state index is 0.0379. The summed E-state index contributed by atoms with van der Waals surface area (Å²) in [5.41, 5.74) is 0.0717. The number of carbonyl (C=O) groups is 3. The van der Waals surface area contributed by atoms with Crippen LogP contribution in [0.25, 0.3) is 0 Å². The fourth-order valence-corrected chi connectivity index (χ4v) is 4.69. The lowest BCUT2D eigenvalue weighted by Gasteiger charge is -2.30. The van der Waals surface area contributed by atoms with Crippen LogP contribution in [0.3, 0.4) is 0 Å². The molecule has 1 saturated heterocycles. The molecule has 2 aromatic rings. The van der Waals surface area contributed by atoms with Gasteiger partial charge in [0.15, 0.2) is 6.04 Å². The van der Waals surface area contributed by atoms with Crippen LogP contribution in [0.15, 0.2) is 60.7 Å². The van der Waals surface area contributed by atoms with Gasteiger partial charge in [-0.15, -0.1) is 0 Å². The lowest BCUT2D eigenvalue weighted by Crippen LogP contribution is -2.57. The Morgan fingerprint density at radius 1 is 0.905 bits per heavy atom. The number of amides is 3. The van der Waals surface area contributed by atoms with Crippen molar-refractivity contribution >= 4 is 18.1 Å². The molecule has 2 aromatic carbocycles. The summed E-state index contributed by atoms with van der Waals surface area (Å²) in [6.07, 6.45) is -2.69. The molecule has 1 unspecified atom stereocenters. The van der Waals surface area contributed by atoms with E-state index in [2.05, 4.69) is 21.3 Å². The highest BCUT2D eigenvalue weighted by atomic mass is 16.6. The van der Waals surface area contributed by atoms with Crippen molar-refractivity contribution in [1.82, 2.24) is 21.3 Å². The van der Waals surface area contributed by atoms with Crippen molar-refractivity contribution in [1.29, 1.82) is 0 Å². The normalized spacial score (nSPS) is 19.0. The monoisotopic (exact) mass is 584 g/mol. The Balaban J connectivity index is 1.64. The minimum Gasteiger partial charge on any atom is -0.444 e. The second-order valence-corrected chi connectivity index (χ2v) is 12.1. The van der Waals surface area contributed by atoms with Crippen LogP contribution in [0.1, 0.15) is 45.7 Å².